The molecule has 1 aromatic rings. The Morgan fingerprint density at radius 3 is 2.78 bits per heavy atom. The van der Waals surface area contributed by atoms with Crippen LogP contribution in [0.5, 0.6) is 0 Å². The third-order valence-corrected chi connectivity index (χ3v) is 4.84. The van der Waals surface area contributed by atoms with E-state index in [0.717, 1.165) is 30.3 Å². The van der Waals surface area contributed by atoms with Gasteiger partial charge in [0.2, 0.25) is 0 Å². The van der Waals surface area contributed by atoms with Crippen LogP contribution in [0, 0.1) is 5.92 Å². The van der Waals surface area contributed by atoms with Crippen LogP contribution in [0.2, 0.25) is 4.34 Å². The summed E-state index contributed by atoms with van der Waals surface area (Å²) in [6, 6.07) is 2.40. The Kier molecular flexibility index (Phi) is 4.65. The minimum Gasteiger partial charge on any atom is -0.481 e. The van der Waals surface area contributed by atoms with Gasteiger partial charge in [0.1, 0.15) is 0 Å². The molecule has 0 aliphatic carbocycles. The summed E-state index contributed by atoms with van der Waals surface area (Å²) in [5.41, 5.74) is 1.27. The summed E-state index contributed by atoms with van der Waals surface area (Å²) >= 11 is 7.53. The number of carboxylic acid groups (broad SMARTS) is 1. The Labute approximate surface area is 116 Å². The van der Waals surface area contributed by atoms with Crippen molar-refractivity contribution in [2.75, 3.05) is 13.1 Å². The summed E-state index contributed by atoms with van der Waals surface area (Å²) in [5.74, 6) is -0.330. The first kappa shape index (κ1) is 13.8. The summed E-state index contributed by atoms with van der Waals surface area (Å²) in [6.07, 6.45) is 2.27. The van der Waals surface area contributed by atoms with Gasteiger partial charge in [-0.1, -0.05) is 11.6 Å². The second-order valence-corrected chi connectivity index (χ2v) is 6.48. The van der Waals surface area contributed by atoms with Gasteiger partial charge in [0.25, 0.3) is 0 Å². The van der Waals surface area contributed by atoms with E-state index in [1.165, 1.54) is 5.56 Å². The quantitative estimate of drug-likeness (QED) is 0.919. The van der Waals surface area contributed by atoms with Gasteiger partial charge in [-0.05, 0) is 55.8 Å². The molecular formula is C13H18ClNO2S. The van der Waals surface area contributed by atoms with Gasteiger partial charge in [-0.3, -0.25) is 9.69 Å². The monoisotopic (exact) mass is 287 g/mol. The maximum atomic E-state index is 10.7. The van der Waals surface area contributed by atoms with Crippen LogP contribution in [0.4, 0.5) is 0 Å². The molecule has 0 bridgehead atoms. The molecule has 2 heterocycles. The molecule has 0 radical (unpaired) electrons. The number of aliphatic carboxylic acids is 1. The van der Waals surface area contributed by atoms with Crippen molar-refractivity contribution in [2.24, 2.45) is 5.92 Å². The minimum atomic E-state index is -0.675. The molecule has 1 atom stereocenters. The summed E-state index contributed by atoms with van der Waals surface area (Å²) in [6.45, 7) is 4.15. The molecular weight excluding hydrogens is 270 g/mol. The number of nitrogens with zero attached hydrogens (tertiary/aromatic N) is 1. The number of thiophene rings is 1. The molecule has 2 rings (SSSR count). The fraction of sp³-hybridized carbons (Fsp3) is 0.615. The molecule has 1 N–H and O–H groups in total. The first-order valence-electron chi connectivity index (χ1n) is 6.26. The zero-order chi connectivity index (χ0) is 13.1. The molecule has 1 aromatic heterocycles. The largest absolute Gasteiger partial charge is 0.481 e. The van der Waals surface area contributed by atoms with E-state index in [9.17, 15) is 4.79 Å². The molecule has 1 saturated heterocycles. The van der Waals surface area contributed by atoms with Crippen molar-refractivity contribution < 1.29 is 9.90 Å². The molecule has 0 spiro atoms. The van der Waals surface area contributed by atoms with Crippen LogP contribution < -0.4 is 0 Å². The molecule has 1 unspecified atom stereocenters. The second kappa shape index (κ2) is 6.04. The Morgan fingerprint density at radius 2 is 2.28 bits per heavy atom. The number of hydrogen-bond donors (Lipinski definition) is 1. The highest BCUT2D eigenvalue weighted by Gasteiger charge is 2.25. The molecule has 0 amide bonds. The first-order valence-corrected chi connectivity index (χ1v) is 7.52. The van der Waals surface area contributed by atoms with E-state index in [1.54, 1.807) is 11.3 Å². The van der Waals surface area contributed by atoms with Crippen molar-refractivity contribution in [1.29, 1.82) is 0 Å². The predicted octanol–water partition coefficient (Wildman–Crippen LogP) is 3.65. The Balaban J connectivity index is 1.87. The van der Waals surface area contributed by atoms with Crippen molar-refractivity contribution in [3.63, 3.8) is 0 Å². The van der Waals surface area contributed by atoms with Crippen LogP contribution in [0.25, 0.3) is 0 Å². The van der Waals surface area contributed by atoms with Gasteiger partial charge >= 0.3 is 5.97 Å². The van der Waals surface area contributed by atoms with E-state index in [1.807, 2.05) is 6.07 Å². The Morgan fingerprint density at radius 1 is 1.61 bits per heavy atom. The molecule has 0 saturated carbocycles. The predicted molar refractivity (Wildman–Crippen MR) is 74.3 cm³/mol. The summed E-state index contributed by atoms with van der Waals surface area (Å²) in [5, 5.41) is 10.9. The number of carbonyl (C=O) groups is 1. The minimum absolute atomic E-state index is 0.312. The summed E-state index contributed by atoms with van der Waals surface area (Å²) in [4.78, 5) is 13.1. The highest BCUT2D eigenvalue weighted by Crippen LogP contribution is 2.31. The average Bonchev–Trinajstić information content (AvgIpc) is 2.75. The van der Waals surface area contributed by atoms with Crippen molar-refractivity contribution in [3.8, 4) is 0 Å². The SMILES string of the molecule is CC(c1csc(Cl)c1)N1CCC(CC(=O)O)CC1. The van der Waals surface area contributed by atoms with Crippen molar-refractivity contribution in [2.45, 2.75) is 32.2 Å². The van der Waals surface area contributed by atoms with Gasteiger partial charge in [-0.15, -0.1) is 11.3 Å². The Bertz CT molecular complexity index is 413. The average molecular weight is 288 g/mol. The number of hydrogen-bond acceptors (Lipinski definition) is 3. The van der Waals surface area contributed by atoms with Crippen LogP contribution >= 0.6 is 22.9 Å². The van der Waals surface area contributed by atoms with Crippen LogP contribution in [-0.4, -0.2) is 29.1 Å². The van der Waals surface area contributed by atoms with Crippen molar-refractivity contribution in [1.82, 2.24) is 4.90 Å². The topological polar surface area (TPSA) is 40.5 Å². The van der Waals surface area contributed by atoms with E-state index in [2.05, 4.69) is 17.2 Å². The fourth-order valence-electron chi connectivity index (χ4n) is 2.54. The van der Waals surface area contributed by atoms with Crippen LogP contribution in [-0.2, 0) is 4.79 Å². The number of piperidine rings is 1. The van der Waals surface area contributed by atoms with Crippen LogP contribution in [0.1, 0.15) is 37.8 Å². The summed E-state index contributed by atoms with van der Waals surface area (Å²) in [7, 11) is 0. The lowest BCUT2D eigenvalue weighted by atomic mass is 9.92. The number of carboxylic acids is 1. The van der Waals surface area contributed by atoms with Gasteiger partial charge in [-0.25, -0.2) is 0 Å². The molecule has 0 aromatic carbocycles. The van der Waals surface area contributed by atoms with Crippen LogP contribution in [0.3, 0.4) is 0 Å². The molecule has 5 heteroatoms. The highest BCUT2D eigenvalue weighted by atomic mass is 35.5. The maximum Gasteiger partial charge on any atom is 0.303 e. The molecule has 1 aliphatic rings. The molecule has 100 valence electrons. The number of rotatable bonds is 4. The van der Waals surface area contributed by atoms with Gasteiger partial charge in [0.05, 0.1) is 4.34 Å². The van der Waals surface area contributed by atoms with E-state index >= 15 is 0 Å². The van der Waals surface area contributed by atoms with E-state index < -0.39 is 5.97 Å². The highest BCUT2D eigenvalue weighted by molar-refractivity contribution is 7.14. The molecule has 1 fully saturated rings. The smallest absolute Gasteiger partial charge is 0.303 e. The third kappa shape index (κ3) is 3.46. The Hall–Kier alpha value is -0.580. The van der Waals surface area contributed by atoms with Gasteiger partial charge < -0.3 is 5.11 Å². The molecule has 1 aliphatic heterocycles. The standard InChI is InChI=1S/C13H18ClNO2S/c1-9(11-7-12(14)18-8-11)15-4-2-10(3-5-15)6-13(16)17/h7-10H,2-6H2,1H3,(H,16,17). The number of likely N-dealkylation sites (tertiary alicyclic amines) is 1. The fourth-order valence-corrected chi connectivity index (χ4v) is 3.52. The zero-order valence-corrected chi connectivity index (χ0v) is 12.0. The zero-order valence-electron chi connectivity index (χ0n) is 10.4. The van der Waals surface area contributed by atoms with Crippen molar-refractivity contribution in [3.05, 3.63) is 21.3 Å². The molecule has 3 nitrogen and oxygen atoms in total. The van der Waals surface area contributed by atoms with Crippen molar-refractivity contribution >= 4 is 28.9 Å². The maximum absolute atomic E-state index is 10.7. The number of halogens is 1. The third-order valence-electron chi connectivity index (χ3n) is 3.73. The lowest BCUT2D eigenvalue weighted by Gasteiger charge is -2.35. The van der Waals surface area contributed by atoms with Gasteiger partial charge in [0.15, 0.2) is 0 Å². The van der Waals surface area contributed by atoms with E-state index in [-0.39, 0.29) is 0 Å². The lowest BCUT2D eigenvalue weighted by molar-refractivity contribution is -0.138. The van der Waals surface area contributed by atoms with Crippen LogP contribution in [0.15, 0.2) is 11.4 Å². The van der Waals surface area contributed by atoms with Gasteiger partial charge in [-0.2, -0.15) is 0 Å². The molecule has 18 heavy (non-hydrogen) atoms. The lowest BCUT2D eigenvalue weighted by Crippen LogP contribution is -2.36. The van der Waals surface area contributed by atoms with E-state index in [0.29, 0.717) is 18.4 Å². The normalized spacial score (nSPS) is 19.9. The van der Waals surface area contributed by atoms with Gasteiger partial charge in [0, 0.05) is 12.5 Å². The summed E-state index contributed by atoms with van der Waals surface area (Å²) < 4.78 is 0.831. The second-order valence-electron chi connectivity index (χ2n) is 4.94. The van der Waals surface area contributed by atoms with E-state index in [4.69, 9.17) is 16.7 Å². The first-order chi connectivity index (χ1) is 8.56.